The van der Waals surface area contributed by atoms with E-state index in [0.29, 0.717) is 18.8 Å². The molecule has 0 aromatic heterocycles. The number of carbonyl (C=O) groups is 3. The van der Waals surface area contributed by atoms with Crippen LogP contribution in [-0.2, 0) is 19.1 Å². The van der Waals surface area contributed by atoms with Crippen LogP contribution in [0.2, 0.25) is 0 Å². The first-order chi connectivity index (χ1) is 11.6. The second kappa shape index (κ2) is 7.62. The fraction of sp³-hybridized carbons (Fsp3) is 0.833. The van der Waals surface area contributed by atoms with Crippen LogP contribution in [0.4, 0.5) is 4.79 Å². The summed E-state index contributed by atoms with van der Waals surface area (Å²) in [6.07, 6.45) is 3.12. The summed E-state index contributed by atoms with van der Waals surface area (Å²) in [7, 11) is 1.34. The van der Waals surface area contributed by atoms with Crippen molar-refractivity contribution in [2.45, 2.75) is 83.5 Å². The van der Waals surface area contributed by atoms with Crippen LogP contribution in [0.5, 0.6) is 0 Å². The first kappa shape index (κ1) is 19.5. The minimum atomic E-state index is -0.671. The van der Waals surface area contributed by atoms with Crippen molar-refractivity contribution in [1.82, 2.24) is 10.2 Å². The summed E-state index contributed by atoms with van der Waals surface area (Å²) >= 11 is 0. The van der Waals surface area contributed by atoms with Crippen LogP contribution in [-0.4, -0.2) is 53.7 Å². The summed E-state index contributed by atoms with van der Waals surface area (Å²) in [4.78, 5) is 39.0. The Balaban J connectivity index is 2.18. The highest BCUT2D eigenvalue weighted by atomic mass is 16.6. The van der Waals surface area contributed by atoms with Crippen LogP contribution in [0.1, 0.15) is 59.8 Å². The highest BCUT2D eigenvalue weighted by molar-refractivity contribution is 5.90. The number of hydrogen-bond donors (Lipinski definition) is 1. The van der Waals surface area contributed by atoms with Gasteiger partial charge in [-0.1, -0.05) is 13.3 Å². The molecule has 0 aromatic rings. The van der Waals surface area contributed by atoms with Gasteiger partial charge in [0.1, 0.15) is 17.7 Å². The first-order valence-corrected chi connectivity index (χ1v) is 9.03. The molecular weight excluding hydrogens is 324 g/mol. The number of alkyl carbamates (subject to hydrolysis) is 1. The van der Waals surface area contributed by atoms with E-state index in [1.165, 1.54) is 7.11 Å². The Morgan fingerprint density at radius 2 is 1.84 bits per heavy atom. The molecule has 2 saturated heterocycles. The van der Waals surface area contributed by atoms with Gasteiger partial charge in [-0.25, -0.2) is 9.59 Å². The monoisotopic (exact) mass is 354 g/mol. The number of amides is 2. The SMILES string of the molecule is COC(=O)[C@@H]1CC[C@@H]2C(C)CCC[C@H](NC(=O)OC(C)(C)C)C(=O)N21. The second-order valence-electron chi connectivity index (χ2n) is 8.04. The largest absolute Gasteiger partial charge is 0.467 e. The number of hydrogen-bond acceptors (Lipinski definition) is 5. The molecule has 2 rings (SSSR count). The number of nitrogens with one attached hydrogen (secondary N) is 1. The van der Waals surface area contributed by atoms with E-state index in [0.717, 1.165) is 19.3 Å². The van der Waals surface area contributed by atoms with Crippen molar-refractivity contribution in [2.24, 2.45) is 5.92 Å². The number of fused-ring (bicyclic) bond motifs is 1. The molecule has 1 N–H and O–H groups in total. The van der Waals surface area contributed by atoms with Crippen molar-refractivity contribution < 1.29 is 23.9 Å². The lowest BCUT2D eigenvalue weighted by atomic mass is 9.90. The maximum atomic E-state index is 13.1. The third kappa shape index (κ3) is 4.64. The molecule has 0 bridgehead atoms. The van der Waals surface area contributed by atoms with Crippen molar-refractivity contribution in [3.8, 4) is 0 Å². The third-order valence-corrected chi connectivity index (χ3v) is 4.95. The normalized spacial score (nSPS) is 30.1. The number of esters is 1. The summed E-state index contributed by atoms with van der Waals surface area (Å²) in [6, 6.07) is -1.22. The summed E-state index contributed by atoms with van der Waals surface area (Å²) in [5.74, 6) is -0.281. The van der Waals surface area contributed by atoms with Crippen LogP contribution in [0.15, 0.2) is 0 Å². The van der Waals surface area contributed by atoms with Gasteiger partial charge in [0.15, 0.2) is 0 Å². The molecule has 0 spiro atoms. The van der Waals surface area contributed by atoms with Gasteiger partial charge in [-0.3, -0.25) is 4.79 Å². The van der Waals surface area contributed by atoms with Crippen LogP contribution >= 0.6 is 0 Å². The van der Waals surface area contributed by atoms with Crippen LogP contribution < -0.4 is 5.32 Å². The molecule has 0 radical (unpaired) electrons. The molecular formula is C18H30N2O5. The lowest BCUT2D eigenvalue weighted by Crippen LogP contribution is -2.56. The zero-order valence-electron chi connectivity index (χ0n) is 15.8. The molecule has 142 valence electrons. The quantitative estimate of drug-likeness (QED) is 0.769. The van der Waals surface area contributed by atoms with Gasteiger partial charge < -0.3 is 19.7 Å². The first-order valence-electron chi connectivity index (χ1n) is 9.03. The summed E-state index contributed by atoms with van der Waals surface area (Å²) < 4.78 is 10.2. The Labute approximate surface area is 149 Å². The van der Waals surface area contributed by atoms with E-state index >= 15 is 0 Å². The number of rotatable bonds is 2. The molecule has 4 atom stereocenters. The van der Waals surface area contributed by atoms with Crippen LogP contribution in [0.25, 0.3) is 0 Å². The molecule has 2 aliphatic heterocycles. The van der Waals surface area contributed by atoms with Crippen LogP contribution in [0, 0.1) is 5.92 Å². The highest BCUT2D eigenvalue weighted by Gasteiger charge is 2.46. The van der Waals surface area contributed by atoms with Crippen molar-refractivity contribution >= 4 is 18.0 Å². The zero-order chi connectivity index (χ0) is 18.8. The van der Waals surface area contributed by atoms with E-state index in [1.807, 2.05) is 0 Å². The fourth-order valence-corrected chi connectivity index (χ4v) is 3.80. The van der Waals surface area contributed by atoms with E-state index < -0.39 is 23.8 Å². The van der Waals surface area contributed by atoms with Gasteiger partial charge in [-0.2, -0.15) is 0 Å². The lowest BCUT2D eigenvalue weighted by Gasteiger charge is -2.37. The molecule has 2 amide bonds. The topological polar surface area (TPSA) is 84.9 Å². The van der Waals surface area contributed by atoms with Gasteiger partial charge in [-0.05, 0) is 52.4 Å². The Morgan fingerprint density at radius 1 is 1.16 bits per heavy atom. The molecule has 2 fully saturated rings. The Kier molecular flexibility index (Phi) is 5.95. The van der Waals surface area contributed by atoms with E-state index in [9.17, 15) is 14.4 Å². The molecule has 7 nitrogen and oxygen atoms in total. The summed E-state index contributed by atoms with van der Waals surface area (Å²) in [5, 5.41) is 2.69. The van der Waals surface area contributed by atoms with Crippen molar-refractivity contribution in [2.75, 3.05) is 7.11 Å². The standard InChI is InChI=1S/C18H30N2O5/c1-11-7-6-8-12(19-17(23)25-18(2,3)4)15(21)20-13(11)9-10-14(20)16(22)24-5/h11-14H,6-10H2,1-5H3,(H,19,23)/t11?,12-,13+,14-/m0/s1. The zero-order valence-corrected chi connectivity index (χ0v) is 15.8. The predicted octanol–water partition coefficient (Wildman–Crippen LogP) is 2.23. The lowest BCUT2D eigenvalue weighted by molar-refractivity contribution is -0.154. The van der Waals surface area contributed by atoms with Gasteiger partial charge in [0.25, 0.3) is 0 Å². The number of ether oxygens (including phenoxy) is 2. The minimum absolute atomic E-state index is 0.0137. The highest BCUT2D eigenvalue weighted by Crippen LogP contribution is 2.35. The number of methoxy groups -OCH3 is 1. The smallest absolute Gasteiger partial charge is 0.408 e. The number of carbonyl (C=O) groups excluding carboxylic acids is 3. The van der Waals surface area contributed by atoms with Crippen molar-refractivity contribution in [3.05, 3.63) is 0 Å². The van der Waals surface area contributed by atoms with Crippen molar-refractivity contribution in [1.29, 1.82) is 0 Å². The van der Waals surface area contributed by atoms with E-state index in [4.69, 9.17) is 9.47 Å². The Morgan fingerprint density at radius 3 is 2.44 bits per heavy atom. The van der Waals surface area contributed by atoms with Gasteiger partial charge in [-0.15, -0.1) is 0 Å². The number of nitrogens with zero attached hydrogens (tertiary/aromatic N) is 1. The molecule has 0 aromatic carbocycles. The van der Waals surface area contributed by atoms with Gasteiger partial charge in [0.05, 0.1) is 7.11 Å². The summed E-state index contributed by atoms with van der Waals surface area (Å²) in [5.41, 5.74) is -0.631. The van der Waals surface area contributed by atoms with E-state index in [2.05, 4.69) is 12.2 Å². The molecule has 0 saturated carbocycles. The Bertz CT molecular complexity index is 528. The maximum Gasteiger partial charge on any atom is 0.408 e. The van der Waals surface area contributed by atoms with Crippen LogP contribution in [0.3, 0.4) is 0 Å². The minimum Gasteiger partial charge on any atom is -0.467 e. The van der Waals surface area contributed by atoms with E-state index in [-0.39, 0.29) is 17.9 Å². The summed E-state index contributed by atoms with van der Waals surface area (Å²) in [6.45, 7) is 7.44. The van der Waals surface area contributed by atoms with Gasteiger partial charge >= 0.3 is 12.1 Å². The predicted molar refractivity (Wildman–Crippen MR) is 91.8 cm³/mol. The molecule has 2 heterocycles. The second-order valence-corrected chi connectivity index (χ2v) is 8.04. The molecule has 25 heavy (non-hydrogen) atoms. The van der Waals surface area contributed by atoms with Crippen molar-refractivity contribution in [3.63, 3.8) is 0 Å². The Hall–Kier alpha value is -1.79. The molecule has 0 aliphatic carbocycles. The van der Waals surface area contributed by atoms with E-state index in [1.54, 1.807) is 25.7 Å². The van der Waals surface area contributed by atoms with Gasteiger partial charge in [0, 0.05) is 6.04 Å². The maximum absolute atomic E-state index is 13.1. The molecule has 7 heteroatoms. The average Bonchev–Trinajstić information content (AvgIpc) is 2.94. The van der Waals surface area contributed by atoms with Gasteiger partial charge in [0.2, 0.25) is 5.91 Å². The average molecular weight is 354 g/mol. The molecule has 2 aliphatic rings. The third-order valence-electron chi connectivity index (χ3n) is 4.95. The fourth-order valence-electron chi connectivity index (χ4n) is 3.80. The molecule has 1 unspecified atom stereocenters.